The average Bonchev–Trinajstić information content (AvgIpc) is 3.29. The van der Waals surface area contributed by atoms with Gasteiger partial charge in [-0.1, -0.05) is 6.08 Å². The van der Waals surface area contributed by atoms with Crippen molar-refractivity contribution in [3.8, 4) is 24.3 Å². The molecule has 2 aliphatic heterocycles. The van der Waals surface area contributed by atoms with Crippen molar-refractivity contribution >= 4 is 21.6 Å². The minimum Gasteiger partial charge on any atom is -0.349 e. The first kappa shape index (κ1) is 45.0. The molecule has 2 heterocycles. The van der Waals surface area contributed by atoms with Crippen LogP contribution in [-0.4, -0.2) is 83.0 Å². The van der Waals surface area contributed by atoms with E-state index in [0.717, 1.165) is 0 Å². The van der Waals surface area contributed by atoms with Crippen LogP contribution < -0.4 is 10.6 Å². The van der Waals surface area contributed by atoms with E-state index in [1.165, 1.54) is 5.06 Å². The Morgan fingerprint density at radius 1 is 0.764 bits per heavy atom. The second-order valence-electron chi connectivity index (χ2n) is 15.8. The number of nitrogens with one attached hydrogen (secondary N) is 2. The normalized spacial score (nSPS) is 29.1. The van der Waals surface area contributed by atoms with Gasteiger partial charge in [-0.2, -0.15) is 26.1 Å². The SMILES string of the molecule is CC1(C)C=C(C(=O)NC2CC3(CCC(OP(=O)(OCCC#N)OCCC#N)CC3)NC3(CCC(OP(=O)(OCCC#N)OCCC#N)CC3)C2)C(C)(C)N1O. The van der Waals surface area contributed by atoms with Crippen LogP contribution in [0.4, 0.5) is 0 Å². The van der Waals surface area contributed by atoms with E-state index in [0.29, 0.717) is 69.8 Å². The van der Waals surface area contributed by atoms with Crippen LogP contribution in [0.3, 0.4) is 0 Å². The van der Waals surface area contributed by atoms with E-state index in [-0.39, 0.29) is 64.1 Å². The van der Waals surface area contributed by atoms with Crippen LogP contribution in [0.5, 0.6) is 0 Å². The minimum absolute atomic E-state index is 0.00431. The first-order valence-electron chi connectivity index (χ1n) is 18.9. The van der Waals surface area contributed by atoms with Crippen molar-refractivity contribution in [3.05, 3.63) is 11.6 Å². The molecule has 55 heavy (non-hydrogen) atoms. The van der Waals surface area contributed by atoms with Gasteiger partial charge in [-0.05, 0) is 91.9 Å². The number of carbonyl (C=O) groups is 1. The number of rotatable bonds is 18. The summed E-state index contributed by atoms with van der Waals surface area (Å²) < 4.78 is 60.5. The van der Waals surface area contributed by atoms with Crippen molar-refractivity contribution in [2.45, 2.75) is 158 Å². The fourth-order valence-electron chi connectivity index (χ4n) is 8.34. The van der Waals surface area contributed by atoms with Crippen LogP contribution in [0.2, 0.25) is 0 Å². The maximum absolute atomic E-state index is 14.0. The lowest BCUT2D eigenvalue weighted by Gasteiger charge is -2.56. The van der Waals surface area contributed by atoms with E-state index in [4.69, 9.17) is 48.2 Å². The van der Waals surface area contributed by atoms with Crippen LogP contribution >= 0.6 is 15.6 Å². The van der Waals surface area contributed by atoms with E-state index in [1.54, 1.807) is 19.9 Å². The van der Waals surface area contributed by atoms with Gasteiger partial charge in [0.2, 0.25) is 5.91 Å². The summed E-state index contributed by atoms with van der Waals surface area (Å²) in [4.78, 5) is 14.0. The lowest BCUT2D eigenvalue weighted by molar-refractivity contribution is -0.186. The Labute approximate surface area is 324 Å². The molecule has 17 nitrogen and oxygen atoms in total. The summed E-state index contributed by atoms with van der Waals surface area (Å²) >= 11 is 0. The van der Waals surface area contributed by atoms with Crippen LogP contribution in [-0.2, 0) is 41.1 Å². The predicted octanol–water partition coefficient (Wildman–Crippen LogP) is 6.38. The summed E-state index contributed by atoms with van der Waals surface area (Å²) in [6, 6.07) is 7.50. The number of nitriles is 4. The Kier molecular flexibility index (Phi) is 15.7. The molecule has 4 aliphatic rings. The summed E-state index contributed by atoms with van der Waals surface area (Å²) in [5.74, 6) is -0.254. The van der Waals surface area contributed by atoms with Crippen molar-refractivity contribution in [3.63, 3.8) is 0 Å². The molecular weight excluding hydrogens is 752 g/mol. The zero-order chi connectivity index (χ0) is 40.4. The Balaban J connectivity index is 1.51. The molecule has 0 aromatic carbocycles. The minimum atomic E-state index is -4.05. The van der Waals surface area contributed by atoms with E-state index >= 15 is 0 Å². The number of carbonyl (C=O) groups excluding carboxylic acids is 1. The third kappa shape index (κ3) is 11.9. The van der Waals surface area contributed by atoms with Gasteiger partial charge in [-0.25, -0.2) is 9.13 Å². The van der Waals surface area contributed by atoms with Crippen LogP contribution in [0.25, 0.3) is 0 Å². The number of amides is 1. The fraction of sp³-hybridized carbons (Fsp3) is 0.806. The number of phosphoric ester groups is 2. The molecule has 19 heteroatoms. The molecule has 0 bridgehead atoms. The first-order chi connectivity index (χ1) is 26.0. The van der Waals surface area contributed by atoms with Gasteiger partial charge in [-0.3, -0.25) is 31.9 Å². The highest BCUT2D eigenvalue weighted by atomic mass is 31.2. The molecule has 0 atom stereocenters. The van der Waals surface area contributed by atoms with Crippen molar-refractivity contribution in [1.82, 2.24) is 15.7 Å². The predicted molar refractivity (Wildman–Crippen MR) is 196 cm³/mol. The smallest absolute Gasteiger partial charge is 0.349 e. The molecule has 1 amide bonds. The Hall–Kier alpha value is -2.73. The summed E-state index contributed by atoms with van der Waals surface area (Å²) in [6.07, 6.45) is 6.49. The molecular formula is C36H55N7O10P2. The molecule has 2 aliphatic carbocycles. The van der Waals surface area contributed by atoms with Crippen molar-refractivity contribution < 1.29 is 46.3 Å². The molecule has 4 rings (SSSR count). The molecule has 1 saturated heterocycles. The van der Waals surface area contributed by atoms with Gasteiger partial charge in [-0.15, -0.1) is 0 Å². The molecule has 3 fully saturated rings. The Bertz CT molecular complexity index is 1510. The van der Waals surface area contributed by atoms with E-state index in [1.807, 2.05) is 38.1 Å². The summed E-state index contributed by atoms with van der Waals surface area (Å²) in [6.45, 7) is 6.74. The number of piperidine rings is 1. The number of hydrogen-bond acceptors (Lipinski definition) is 16. The van der Waals surface area contributed by atoms with E-state index in [9.17, 15) is 19.1 Å². The van der Waals surface area contributed by atoms with Gasteiger partial charge >= 0.3 is 15.6 Å². The first-order valence-corrected chi connectivity index (χ1v) is 21.9. The highest BCUT2D eigenvalue weighted by Crippen LogP contribution is 2.55. The number of hydrogen-bond donors (Lipinski definition) is 3. The third-order valence-electron chi connectivity index (χ3n) is 10.8. The maximum atomic E-state index is 14.0. The lowest BCUT2D eigenvalue weighted by atomic mass is 9.65. The highest BCUT2D eigenvalue weighted by Gasteiger charge is 2.53. The Morgan fingerprint density at radius 2 is 1.13 bits per heavy atom. The highest BCUT2D eigenvalue weighted by molar-refractivity contribution is 7.48. The van der Waals surface area contributed by atoms with Gasteiger partial charge in [0.1, 0.15) is 0 Å². The molecule has 2 spiro atoms. The summed E-state index contributed by atoms with van der Waals surface area (Å²) in [5.41, 5.74) is -2.06. The second-order valence-corrected chi connectivity index (χ2v) is 19.1. The van der Waals surface area contributed by atoms with Crippen LogP contribution in [0.15, 0.2) is 11.6 Å². The molecule has 304 valence electrons. The van der Waals surface area contributed by atoms with Gasteiger partial charge in [0.25, 0.3) is 0 Å². The molecule has 0 radical (unpaired) electrons. The quantitative estimate of drug-likeness (QED) is 0.100. The van der Waals surface area contributed by atoms with Crippen LogP contribution in [0, 0.1) is 45.3 Å². The molecule has 3 N–H and O–H groups in total. The van der Waals surface area contributed by atoms with Crippen molar-refractivity contribution in [1.29, 1.82) is 21.0 Å². The number of phosphoric acid groups is 2. The zero-order valence-corrected chi connectivity index (χ0v) is 34.1. The van der Waals surface area contributed by atoms with E-state index < -0.39 is 50.0 Å². The molecule has 0 unspecified atom stereocenters. The topological polar surface area (TPSA) is 249 Å². The fourth-order valence-corrected chi connectivity index (χ4v) is 11.1. The largest absolute Gasteiger partial charge is 0.475 e. The number of hydroxylamine groups is 2. The molecule has 0 aromatic rings. The standard InChI is InChI=1S/C36H55N7O10P2/c1-33(2)27-31(34(3,4)43(33)45)32(44)41-28-25-35(13-9-29(10-14-35)52-54(46,48-21-5-17-37)49-22-6-18-38)42-36(26-28)15-11-30(12-16-36)53-55(47,50-23-7-19-39)51-24-8-20-40/h27-30,42,45H,5-16,21-26H2,1-4H3,(H,41,44). The van der Waals surface area contributed by atoms with Gasteiger partial charge < -0.3 is 15.8 Å². The number of nitrogens with zero attached hydrogens (tertiary/aromatic N) is 5. The third-order valence-corrected chi connectivity index (χ3v) is 13.9. The average molecular weight is 808 g/mol. The maximum Gasteiger partial charge on any atom is 0.475 e. The lowest BCUT2D eigenvalue weighted by Crippen LogP contribution is -2.68. The monoisotopic (exact) mass is 807 g/mol. The summed E-state index contributed by atoms with van der Waals surface area (Å²) in [5, 5.41) is 55.2. The van der Waals surface area contributed by atoms with Crippen molar-refractivity contribution in [2.24, 2.45) is 0 Å². The second kappa shape index (κ2) is 19.1. The summed E-state index contributed by atoms with van der Waals surface area (Å²) in [7, 11) is -8.09. The van der Waals surface area contributed by atoms with Crippen LogP contribution in [0.1, 0.15) is 118 Å². The zero-order valence-electron chi connectivity index (χ0n) is 32.3. The molecule has 0 aromatic heterocycles. The van der Waals surface area contributed by atoms with E-state index in [2.05, 4.69) is 10.6 Å². The van der Waals surface area contributed by atoms with Gasteiger partial charge in [0, 0.05) is 22.7 Å². The van der Waals surface area contributed by atoms with Gasteiger partial charge in [0.15, 0.2) is 0 Å². The Morgan fingerprint density at radius 3 is 1.44 bits per heavy atom. The van der Waals surface area contributed by atoms with Gasteiger partial charge in [0.05, 0.1) is 99.7 Å². The molecule has 2 saturated carbocycles. The van der Waals surface area contributed by atoms with Crippen molar-refractivity contribution in [2.75, 3.05) is 26.4 Å².